The van der Waals surface area contributed by atoms with E-state index in [-0.39, 0.29) is 6.61 Å². The molecule has 1 spiro atoms. The molecule has 1 unspecified atom stereocenters. The second kappa shape index (κ2) is 8.66. The van der Waals surface area contributed by atoms with E-state index in [2.05, 4.69) is 5.32 Å². The van der Waals surface area contributed by atoms with Gasteiger partial charge in [0.25, 0.3) is 0 Å². The molecule has 39 heavy (non-hydrogen) atoms. The van der Waals surface area contributed by atoms with Crippen molar-refractivity contribution in [3.05, 3.63) is 130 Å². The van der Waals surface area contributed by atoms with Gasteiger partial charge in [0.2, 0.25) is 0 Å². The molecule has 8 heteroatoms. The number of ether oxygens (including phenoxy) is 1. The first-order chi connectivity index (χ1) is 18.5. The number of para-hydroxylation sites is 2. The van der Waals surface area contributed by atoms with Crippen molar-refractivity contribution in [1.29, 1.82) is 0 Å². The summed E-state index contributed by atoms with van der Waals surface area (Å²) in [4.78, 5) is 0. The summed E-state index contributed by atoms with van der Waals surface area (Å²) in [5.41, 5.74) is 2.94. The fourth-order valence-electron chi connectivity index (χ4n) is 5.49. The molecule has 0 saturated carbocycles. The van der Waals surface area contributed by atoms with Crippen molar-refractivity contribution < 1.29 is 31.1 Å². The lowest BCUT2D eigenvalue weighted by atomic mass is 9.81. The molecule has 4 aromatic rings. The third kappa shape index (κ3) is 4.15. The lowest BCUT2D eigenvalue weighted by Gasteiger charge is -2.40. The van der Waals surface area contributed by atoms with Crippen LogP contribution in [0.15, 0.2) is 91.0 Å². The molecule has 0 saturated heterocycles. The van der Waals surface area contributed by atoms with Gasteiger partial charge in [0.05, 0.1) is 16.8 Å². The Morgan fingerprint density at radius 1 is 0.718 bits per heavy atom. The van der Waals surface area contributed by atoms with Gasteiger partial charge in [0.15, 0.2) is 0 Å². The van der Waals surface area contributed by atoms with Crippen LogP contribution in [0.5, 0.6) is 5.75 Å². The highest BCUT2D eigenvalue weighted by atomic mass is 19.4. The molecule has 1 aliphatic heterocycles. The number of fused-ring (bicyclic) bond motifs is 3. The first-order valence-electron chi connectivity index (χ1n) is 12.2. The molecule has 0 radical (unpaired) electrons. The number of aryl methyl sites for hydroxylation is 1. The van der Waals surface area contributed by atoms with Crippen molar-refractivity contribution in [1.82, 2.24) is 0 Å². The smallest absolute Gasteiger partial charge is 0.416 e. The van der Waals surface area contributed by atoms with Crippen LogP contribution in [0, 0.1) is 6.92 Å². The minimum absolute atomic E-state index is 0.126. The molecule has 198 valence electrons. The third-order valence-electron chi connectivity index (χ3n) is 7.26. The van der Waals surface area contributed by atoms with Crippen LogP contribution < -0.4 is 10.1 Å². The second-order valence-corrected chi connectivity index (χ2v) is 9.76. The highest BCUT2D eigenvalue weighted by Crippen LogP contribution is 2.56. The van der Waals surface area contributed by atoms with Gasteiger partial charge in [-0.25, -0.2) is 0 Å². The number of rotatable bonds is 2. The molecule has 0 fully saturated rings. The second-order valence-electron chi connectivity index (χ2n) is 9.76. The average molecular weight is 538 g/mol. The van der Waals surface area contributed by atoms with Crippen LogP contribution in [0.2, 0.25) is 0 Å². The summed E-state index contributed by atoms with van der Waals surface area (Å²) < 4.78 is 86.5. The maximum absolute atomic E-state index is 13.4. The number of hydrogen-bond acceptors (Lipinski definition) is 2. The van der Waals surface area contributed by atoms with Gasteiger partial charge >= 0.3 is 12.4 Å². The van der Waals surface area contributed by atoms with E-state index in [1.807, 2.05) is 49.4 Å². The standard InChI is InChI=1S/C31H21F6NO/c1-18-6-15-24-23(16-18)27(19-7-11-21(12-8-19)30(32,33)34)28(20-9-13-22(14-10-20)31(35,36)37)29(24)17-39-26-5-3-2-4-25(26)38-29/h2-16,38H,17H2,1H3. The van der Waals surface area contributed by atoms with Gasteiger partial charge in [-0.05, 0) is 71.1 Å². The van der Waals surface area contributed by atoms with Gasteiger partial charge in [-0.3, -0.25) is 0 Å². The van der Waals surface area contributed by atoms with Crippen LogP contribution in [0.3, 0.4) is 0 Å². The Kier molecular flexibility index (Phi) is 5.57. The summed E-state index contributed by atoms with van der Waals surface area (Å²) in [5.74, 6) is 0.631. The van der Waals surface area contributed by atoms with Crippen molar-refractivity contribution in [2.75, 3.05) is 11.9 Å². The van der Waals surface area contributed by atoms with Crippen LogP contribution in [0.25, 0.3) is 11.1 Å². The van der Waals surface area contributed by atoms with Crippen LogP contribution >= 0.6 is 0 Å². The maximum Gasteiger partial charge on any atom is 0.416 e. The number of anilines is 1. The number of halogens is 6. The lowest BCUT2D eigenvalue weighted by Crippen LogP contribution is -2.44. The normalized spacial score (nSPS) is 18.4. The lowest BCUT2D eigenvalue weighted by molar-refractivity contribution is -0.138. The summed E-state index contributed by atoms with van der Waals surface area (Å²) in [6, 6.07) is 22.9. The summed E-state index contributed by atoms with van der Waals surface area (Å²) in [6.45, 7) is 2.04. The monoisotopic (exact) mass is 537 g/mol. The van der Waals surface area contributed by atoms with Crippen molar-refractivity contribution in [3.8, 4) is 5.75 Å². The van der Waals surface area contributed by atoms with Crippen LogP contribution in [0.4, 0.5) is 32.0 Å². The molecule has 1 aliphatic carbocycles. The molecule has 1 N–H and O–H groups in total. The topological polar surface area (TPSA) is 21.3 Å². The van der Waals surface area contributed by atoms with E-state index in [1.54, 1.807) is 0 Å². The SMILES string of the molecule is Cc1ccc2c(c1)C(c1ccc(C(F)(F)F)cc1)=C(c1ccc(C(F)(F)F)cc1)C21COc2ccccc2N1. The Hall–Kier alpha value is -4.20. The van der Waals surface area contributed by atoms with Gasteiger partial charge in [-0.1, -0.05) is 60.2 Å². The number of benzene rings is 4. The first kappa shape index (κ1) is 25.1. The summed E-state index contributed by atoms with van der Waals surface area (Å²) in [6.07, 6.45) is -9.02. The number of alkyl halides is 6. The van der Waals surface area contributed by atoms with Gasteiger partial charge < -0.3 is 10.1 Å². The molecule has 2 aliphatic rings. The third-order valence-corrected chi connectivity index (χ3v) is 7.26. The summed E-state index contributed by atoms with van der Waals surface area (Å²) in [7, 11) is 0. The maximum atomic E-state index is 13.4. The van der Waals surface area contributed by atoms with E-state index in [1.165, 1.54) is 24.3 Å². The zero-order valence-corrected chi connectivity index (χ0v) is 20.5. The molecule has 0 aromatic heterocycles. The van der Waals surface area contributed by atoms with Gasteiger partial charge in [0, 0.05) is 5.57 Å². The molecule has 1 atom stereocenters. The van der Waals surface area contributed by atoms with E-state index in [0.717, 1.165) is 41.0 Å². The molecule has 0 bridgehead atoms. The molecule has 2 nitrogen and oxygen atoms in total. The highest BCUT2D eigenvalue weighted by molar-refractivity contribution is 6.09. The predicted molar refractivity (Wildman–Crippen MR) is 137 cm³/mol. The minimum atomic E-state index is -4.51. The van der Waals surface area contributed by atoms with E-state index < -0.39 is 29.0 Å². The fourth-order valence-corrected chi connectivity index (χ4v) is 5.49. The number of nitrogens with one attached hydrogen (secondary N) is 1. The highest BCUT2D eigenvalue weighted by Gasteiger charge is 2.49. The Labute approximate surface area is 220 Å². The van der Waals surface area contributed by atoms with E-state index >= 15 is 0 Å². The van der Waals surface area contributed by atoms with E-state index in [4.69, 9.17) is 4.74 Å². The van der Waals surface area contributed by atoms with Crippen LogP contribution in [-0.4, -0.2) is 6.61 Å². The fraction of sp³-hybridized carbons (Fsp3) is 0.161. The minimum Gasteiger partial charge on any atom is -0.488 e. The molecule has 6 rings (SSSR count). The molecule has 4 aromatic carbocycles. The summed E-state index contributed by atoms with van der Waals surface area (Å²) in [5, 5.41) is 3.59. The zero-order valence-electron chi connectivity index (χ0n) is 20.5. The first-order valence-corrected chi connectivity index (χ1v) is 12.2. The van der Waals surface area contributed by atoms with Gasteiger partial charge in [-0.15, -0.1) is 0 Å². The summed E-state index contributed by atoms with van der Waals surface area (Å²) >= 11 is 0. The van der Waals surface area contributed by atoms with Crippen LogP contribution in [0.1, 0.15) is 38.9 Å². The Morgan fingerprint density at radius 3 is 1.92 bits per heavy atom. The molecule has 1 heterocycles. The predicted octanol–water partition coefficient (Wildman–Crippen LogP) is 8.71. The number of hydrogen-bond donors (Lipinski definition) is 1. The zero-order chi connectivity index (χ0) is 27.6. The quantitative estimate of drug-likeness (QED) is 0.258. The van der Waals surface area contributed by atoms with Gasteiger partial charge in [0.1, 0.15) is 17.9 Å². The van der Waals surface area contributed by atoms with Crippen molar-refractivity contribution in [3.63, 3.8) is 0 Å². The molecular weight excluding hydrogens is 516 g/mol. The Morgan fingerprint density at radius 2 is 1.31 bits per heavy atom. The van der Waals surface area contributed by atoms with Crippen molar-refractivity contribution >= 4 is 16.8 Å². The Balaban J connectivity index is 1.64. The van der Waals surface area contributed by atoms with E-state index in [0.29, 0.717) is 33.7 Å². The largest absolute Gasteiger partial charge is 0.488 e. The van der Waals surface area contributed by atoms with Crippen LogP contribution in [-0.2, 0) is 17.9 Å². The van der Waals surface area contributed by atoms with Crippen molar-refractivity contribution in [2.45, 2.75) is 24.8 Å². The van der Waals surface area contributed by atoms with Crippen molar-refractivity contribution in [2.24, 2.45) is 0 Å². The van der Waals surface area contributed by atoms with Gasteiger partial charge in [-0.2, -0.15) is 26.3 Å². The Bertz CT molecular complexity index is 1600. The molecular formula is C31H21F6NO. The van der Waals surface area contributed by atoms with E-state index in [9.17, 15) is 26.3 Å². The molecule has 0 amide bonds. The average Bonchev–Trinajstić information content (AvgIpc) is 3.16.